The van der Waals surface area contributed by atoms with E-state index in [2.05, 4.69) is 20.4 Å². The largest absolute Gasteiger partial charge is 0.459 e. The van der Waals surface area contributed by atoms with Crippen molar-refractivity contribution in [1.82, 2.24) is 19.7 Å². The maximum atomic E-state index is 12.6. The molecule has 5 aromatic rings. The molecule has 0 saturated carbocycles. The summed E-state index contributed by atoms with van der Waals surface area (Å²) in [5.74, 6) is 0.543. The first-order chi connectivity index (χ1) is 15.2. The Morgan fingerprint density at radius 1 is 1.03 bits per heavy atom. The number of nitrogens with one attached hydrogen (secondary N) is 1. The van der Waals surface area contributed by atoms with Gasteiger partial charge >= 0.3 is 0 Å². The third-order valence-corrected chi connectivity index (χ3v) is 4.65. The van der Waals surface area contributed by atoms with Crippen LogP contribution < -0.4 is 10.9 Å². The number of furan rings is 1. The van der Waals surface area contributed by atoms with E-state index in [9.17, 15) is 9.59 Å². The summed E-state index contributed by atoms with van der Waals surface area (Å²) >= 11 is 0. The molecule has 31 heavy (non-hydrogen) atoms. The fourth-order valence-electron chi connectivity index (χ4n) is 3.10. The molecule has 5 rings (SSSR count). The van der Waals surface area contributed by atoms with Crippen LogP contribution in [0, 0.1) is 0 Å². The van der Waals surface area contributed by atoms with Crippen molar-refractivity contribution in [3.63, 3.8) is 0 Å². The Morgan fingerprint density at radius 2 is 1.87 bits per heavy atom. The highest BCUT2D eigenvalue weighted by Gasteiger charge is 2.13. The molecule has 9 nitrogen and oxygen atoms in total. The molecule has 1 N–H and O–H groups in total. The number of amides is 1. The summed E-state index contributed by atoms with van der Waals surface area (Å²) in [6.07, 6.45) is 2.91. The average molecular weight is 413 g/mol. The third-order valence-electron chi connectivity index (χ3n) is 4.65. The molecule has 1 amide bonds. The Labute approximate surface area is 175 Å². The number of benzene rings is 2. The van der Waals surface area contributed by atoms with Gasteiger partial charge in [0.2, 0.25) is 0 Å². The lowest BCUT2D eigenvalue weighted by molar-refractivity contribution is 0.0996. The molecule has 0 saturated heterocycles. The fourth-order valence-corrected chi connectivity index (χ4v) is 3.10. The SMILES string of the molecule is O=C(Nc1ccc(-c2nc(Cn3cnc4ccccc4c3=O)no2)cc1)c1ccco1. The Balaban J connectivity index is 1.32. The van der Waals surface area contributed by atoms with Crippen LogP contribution in [0.1, 0.15) is 16.4 Å². The summed E-state index contributed by atoms with van der Waals surface area (Å²) in [6, 6.07) is 17.3. The van der Waals surface area contributed by atoms with E-state index in [1.807, 2.05) is 6.07 Å². The number of carbonyl (C=O) groups is 1. The molecule has 0 aliphatic carbocycles. The first-order valence-corrected chi connectivity index (χ1v) is 9.39. The number of fused-ring (bicyclic) bond motifs is 1. The summed E-state index contributed by atoms with van der Waals surface area (Å²) < 4.78 is 11.8. The molecule has 0 fully saturated rings. The lowest BCUT2D eigenvalue weighted by Crippen LogP contribution is -2.21. The summed E-state index contributed by atoms with van der Waals surface area (Å²) in [4.78, 5) is 33.3. The van der Waals surface area contributed by atoms with Gasteiger partial charge in [-0.2, -0.15) is 4.98 Å². The van der Waals surface area contributed by atoms with E-state index >= 15 is 0 Å². The molecular formula is C22H15N5O4. The first kappa shape index (κ1) is 18.5. The van der Waals surface area contributed by atoms with Gasteiger partial charge in [0.15, 0.2) is 11.6 Å². The molecule has 152 valence electrons. The molecule has 9 heteroatoms. The normalized spacial score (nSPS) is 11.0. The van der Waals surface area contributed by atoms with Crippen LogP contribution in [-0.4, -0.2) is 25.6 Å². The zero-order chi connectivity index (χ0) is 21.2. The quantitative estimate of drug-likeness (QED) is 0.470. The number of hydrogen-bond acceptors (Lipinski definition) is 7. The summed E-state index contributed by atoms with van der Waals surface area (Å²) in [7, 11) is 0. The molecular weight excluding hydrogens is 398 g/mol. The van der Waals surface area contributed by atoms with E-state index in [1.54, 1.807) is 54.6 Å². The number of hydrogen-bond donors (Lipinski definition) is 1. The monoisotopic (exact) mass is 413 g/mol. The lowest BCUT2D eigenvalue weighted by Gasteiger charge is -2.03. The van der Waals surface area contributed by atoms with Crippen molar-refractivity contribution in [1.29, 1.82) is 0 Å². The molecule has 0 aliphatic rings. The van der Waals surface area contributed by atoms with Crippen molar-refractivity contribution in [3.05, 3.63) is 95.2 Å². The molecule has 0 spiro atoms. The topological polar surface area (TPSA) is 116 Å². The highest BCUT2D eigenvalue weighted by atomic mass is 16.5. The van der Waals surface area contributed by atoms with E-state index in [4.69, 9.17) is 8.94 Å². The van der Waals surface area contributed by atoms with Crippen LogP contribution in [0.5, 0.6) is 0 Å². The van der Waals surface area contributed by atoms with Gasteiger partial charge in [-0.05, 0) is 48.5 Å². The lowest BCUT2D eigenvalue weighted by atomic mass is 10.2. The van der Waals surface area contributed by atoms with Gasteiger partial charge < -0.3 is 14.3 Å². The van der Waals surface area contributed by atoms with Crippen LogP contribution in [0.2, 0.25) is 0 Å². The van der Waals surface area contributed by atoms with E-state index in [-0.39, 0.29) is 23.8 Å². The highest BCUT2D eigenvalue weighted by Crippen LogP contribution is 2.20. The molecule has 0 radical (unpaired) electrons. The standard InChI is InChI=1S/C22H15N5O4/c28-20(18-6-3-11-30-18)24-15-9-7-14(8-10-15)21-25-19(26-31-21)12-27-13-23-17-5-2-1-4-16(17)22(27)29/h1-11,13H,12H2,(H,24,28). The molecule has 3 aromatic heterocycles. The number of para-hydroxylation sites is 1. The second-order valence-corrected chi connectivity index (χ2v) is 6.72. The van der Waals surface area contributed by atoms with Gasteiger partial charge in [0.25, 0.3) is 17.4 Å². The molecule has 0 atom stereocenters. The third kappa shape index (κ3) is 3.71. The van der Waals surface area contributed by atoms with E-state index in [1.165, 1.54) is 17.2 Å². The summed E-state index contributed by atoms with van der Waals surface area (Å²) in [5.41, 5.74) is 1.74. The van der Waals surface area contributed by atoms with Crippen molar-refractivity contribution in [3.8, 4) is 11.5 Å². The molecule has 0 unspecified atom stereocenters. The smallest absolute Gasteiger partial charge is 0.291 e. The van der Waals surface area contributed by atoms with Crippen molar-refractivity contribution < 1.29 is 13.7 Å². The Morgan fingerprint density at radius 3 is 2.68 bits per heavy atom. The van der Waals surface area contributed by atoms with Gasteiger partial charge in [-0.25, -0.2) is 4.98 Å². The minimum Gasteiger partial charge on any atom is -0.459 e. The van der Waals surface area contributed by atoms with Crippen molar-refractivity contribution in [2.75, 3.05) is 5.32 Å². The van der Waals surface area contributed by atoms with E-state index in [0.29, 0.717) is 33.9 Å². The minimum atomic E-state index is -0.340. The number of nitrogens with zero attached hydrogens (tertiary/aromatic N) is 4. The van der Waals surface area contributed by atoms with Crippen LogP contribution in [0.4, 0.5) is 5.69 Å². The number of carbonyl (C=O) groups excluding carboxylic acids is 1. The fraction of sp³-hybridized carbons (Fsp3) is 0.0455. The molecule has 2 aromatic carbocycles. The summed E-state index contributed by atoms with van der Waals surface area (Å²) in [5, 5.41) is 7.22. The minimum absolute atomic E-state index is 0.136. The number of anilines is 1. The Bertz CT molecular complexity index is 1420. The van der Waals surface area contributed by atoms with Gasteiger partial charge in [0, 0.05) is 11.3 Å². The number of aromatic nitrogens is 4. The van der Waals surface area contributed by atoms with Crippen LogP contribution in [0.3, 0.4) is 0 Å². The zero-order valence-corrected chi connectivity index (χ0v) is 16.1. The number of rotatable bonds is 5. The molecule has 0 bridgehead atoms. The van der Waals surface area contributed by atoms with Crippen molar-refractivity contribution in [2.24, 2.45) is 0 Å². The van der Waals surface area contributed by atoms with Gasteiger partial charge in [-0.1, -0.05) is 17.3 Å². The van der Waals surface area contributed by atoms with Crippen molar-refractivity contribution >= 4 is 22.5 Å². The van der Waals surface area contributed by atoms with Crippen LogP contribution in [0.25, 0.3) is 22.4 Å². The average Bonchev–Trinajstić information content (AvgIpc) is 3.49. The van der Waals surface area contributed by atoms with Gasteiger partial charge in [0.1, 0.15) is 0 Å². The Hall–Kier alpha value is -4.53. The predicted octanol–water partition coefficient (Wildman–Crippen LogP) is 3.34. The van der Waals surface area contributed by atoms with Gasteiger partial charge in [-0.15, -0.1) is 0 Å². The maximum absolute atomic E-state index is 12.6. The van der Waals surface area contributed by atoms with Gasteiger partial charge in [-0.3, -0.25) is 14.2 Å². The van der Waals surface area contributed by atoms with Crippen LogP contribution in [0.15, 0.2) is 87.0 Å². The molecule has 0 aliphatic heterocycles. The van der Waals surface area contributed by atoms with Crippen LogP contribution >= 0.6 is 0 Å². The Kier molecular flexibility index (Phi) is 4.60. The van der Waals surface area contributed by atoms with E-state index < -0.39 is 0 Å². The second-order valence-electron chi connectivity index (χ2n) is 6.72. The summed E-state index contributed by atoms with van der Waals surface area (Å²) in [6.45, 7) is 0.136. The maximum Gasteiger partial charge on any atom is 0.291 e. The van der Waals surface area contributed by atoms with E-state index in [0.717, 1.165) is 0 Å². The van der Waals surface area contributed by atoms with Gasteiger partial charge in [0.05, 0.1) is 30.0 Å². The second kappa shape index (κ2) is 7.71. The predicted molar refractivity (Wildman–Crippen MR) is 112 cm³/mol. The van der Waals surface area contributed by atoms with Crippen molar-refractivity contribution in [2.45, 2.75) is 6.54 Å². The zero-order valence-electron chi connectivity index (χ0n) is 16.1. The first-order valence-electron chi connectivity index (χ1n) is 9.39. The highest BCUT2D eigenvalue weighted by molar-refractivity contribution is 6.02. The molecule has 3 heterocycles. The van der Waals surface area contributed by atoms with Crippen LogP contribution in [-0.2, 0) is 6.54 Å².